The Bertz CT molecular complexity index is 911. The van der Waals surface area contributed by atoms with Crippen molar-refractivity contribution in [1.29, 1.82) is 5.26 Å². The van der Waals surface area contributed by atoms with Gasteiger partial charge in [0, 0.05) is 24.1 Å². The van der Waals surface area contributed by atoms with E-state index in [1.165, 1.54) is 0 Å². The molecule has 24 heavy (non-hydrogen) atoms. The van der Waals surface area contributed by atoms with Gasteiger partial charge in [0.05, 0.1) is 9.50 Å². The van der Waals surface area contributed by atoms with Gasteiger partial charge in [-0.1, -0.05) is 17.7 Å². The lowest BCUT2D eigenvalue weighted by Gasteiger charge is -2.08. The summed E-state index contributed by atoms with van der Waals surface area (Å²) in [5, 5.41) is 12.4. The Morgan fingerprint density at radius 3 is 2.71 bits per heavy atom. The smallest absolute Gasteiger partial charge is 0.321 e. The van der Waals surface area contributed by atoms with Crippen LogP contribution >= 0.6 is 27.5 Å². The van der Waals surface area contributed by atoms with Crippen molar-refractivity contribution in [2.45, 2.75) is 0 Å². The molecule has 118 valence electrons. The lowest BCUT2D eigenvalue weighted by atomic mass is 10.3. The quantitative estimate of drug-likeness (QED) is 0.681. The first-order valence-corrected chi connectivity index (χ1v) is 7.90. The minimum atomic E-state index is 0.164. The molecule has 2 heterocycles. The topological polar surface area (TPSA) is 83.7 Å². The lowest BCUT2D eigenvalue weighted by Crippen LogP contribution is -1.96. The van der Waals surface area contributed by atoms with Crippen molar-refractivity contribution in [3.8, 4) is 17.8 Å². The van der Waals surface area contributed by atoms with Crippen LogP contribution < -0.4 is 10.1 Å². The zero-order valence-corrected chi connectivity index (χ0v) is 14.4. The summed E-state index contributed by atoms with van der Waals surface area (Å²) in [6.07, 6.45) is 3.21. The van der Waals surface area contributed by atoms with Crippen LogP contribution in [0.1, 0.15) is 5.69 Å². The highest BCUT2D eigenvalue weighted by Crippen LogP contribution is 2.25. The maximum absolute atomic E-state index is 8.97. The van der Waals surface area contributed by atoms with E-state index in [-0.39, 0.29) is 11.7 Å². The molecule has 0 radical (unpaired) electrons. The Kier molecular flexibility index (Phi) is 4.89. The monoisotopic (exact) mass is 401 g/mol. The van der Waals surface area contributed by atoms with Crippen molar-refractivity contribution in [2.24, 2.45) is 0 Å². The van der Waals surface area contributed by atoms with E-state index < -0.39 is 0 Å². The minimum absolute atomic E-state index is 0.164. The number of hydrogen-bond acceptors (Lipinski definition) is 6. The van der Waals surface area contributed by atoms with E-state index in [1.54, 1.807) is 36.7 Å². The summed E-state index contributed by atoms with van der Waals surface area (Å²) in [6.45, 7) is 0. The van der Waals surface area contributed by atoms with Crippen LogP contribution in [0.15, 0.2) is 53.3 Å². The van der Waals surface area contributed by atoms with Gasteiger partial charge in [0.1, 0.15) is 17.6 Å². The molecule has 0 bridgehead atoms. The van der Waals surface area contributed by atoms with Crippen LogP contribution in [-0.2, 0) is 0 Å². The van der Waals surface area contributed by atoms with Crippen LogP contribution in [0, 0.1) is 11.3 Å². The number of benzene rings is 1. The van der Waals surface area contributed by atoms with Crippen molar-refractivity contribution < 1.29 is 4.74 Å². The second-order valence-electron chi connectivity index (χ2n) is 4.58. The Morgan fingerprint density at radius 2 is 1.96 bits per heavy atom. The molecule has 8 heteroatoms. The Balaban J connectivity index is 1.78. The van der Waals surface area contributed by atoms with E-state index in [4.69, 9.17) is 21.6 Å². The first-order valence-electron chi connectivity index (χ1n) is 6.73. The van der Waals surface area contributed by atoms with Gasteiger partial charge in [-0.2, -0.15) is 5.26 Å². The number of nitrogens with one attached hydrogen (secondary N) is 1. The van der Waals surface area contributed by atoms with Gasteiger partial charge in [-0.25, -0.2) is 15.0 Å². The standard InChI is InChI=1S/C16H9BrClN5O/c17-10-8-20-16(21-9-10)24-12-3-1-2-11(6-12)22-15-5-4-13(18)14(7-19)23-15/h1-6,8-9H,(H,22,23). The predicted octanol–water partition coefficient (Wildman–Crippen LogP) is 4.70. The van der Waals surface area contributed by atoms with E-state index in [2.05, 4.69) is 36.2 Å². The molecule has 1 N–H and O–H groups in total. The highest BCUT2D eigenvalue weighted by atomic mass is 79.9. The van der Waals surface area contributed by atoms with E-state index >= 15 is 0 Å². The molecule has 0 aliphatic rings. The number of pyridine rings is 1. The first-order chi connectivity index (χ1) is 11.6. The van der Waals surface area contributed by atoms with E-state index in [1.807, 2.05) is 18.2 Å². The van der Waals surface area contributed by atoms with Gasteiger partial charge in [-0.15, -0.1) is 0 Å². The molecule has 0 unspecified atom stereocenters. The normalized spacial score (nSPS) is 10.0. The third kappa shape index (κ3) is 3.98. The number of rotatable bonds is 4. The fourth-order valence-corrected chi connectivity index (χ4v) is 2.19. The zero-order chi connectivity index (χ0) is 16.9. The molecule has 6 nitrogen and oxygen atoms in total. The molecule has 0 fully saturated rings. The van der Waals surface area contributed by atoms with E-state index in [9.17, 15) is 0 Å². The molecule has 0 saturated carbocycles. The summed E-state index contributed by atoms with van der Waals surface area (Å²) in [5.74, 6) is 1.07. The van der Waals surface area contributed by atoms with Gasteiger partial charge in [0.15, 0.2) is 5.69 Å². The van der Waals surface area contributed by atoms with Crippen LogP contribution in [0.4, 0.5) is 11.5 Å². The van der Waals surface area contributed by atoms with Crippen LogP contribution in [0.5, 0.6) is 11.8 Å². The second kappa shape index (κ2) is 7.25. The third-order valence-electron chi connectivity index (χ3n) is 2.86. The first kappa shape index (κ1) is 16.2. The van der Waals surface area contributed by atoms with E-state index in [0.29, 0.717) is 16.6 Å². The summed E-state index contributed by atoms with van der Waals surface area (Å²) in [5.41, 5.74) is 0.903. The number of nitrogens with zero attached hydrogens (tertiary/aromatic N) is 4. The van der Waals surface area contributed by atoms with Crippen LogP contribution in [0.25, 0.3) is 0 Å². The number of anilines is 2. The number of hydrogen-bond donors (Lipinski definition) is 1. The molecule has 1 aromatic carbocycles. The summed E-state index contributed by atoms with van der Waals surface area (Å²) in [6, 6.07) is 12.7. The Labute approximate surface area is 151 Å². The summed E-state index contributed by atoms with van der Waals surface area (Å²) in [7, 11) is 0. The Morgan fingerprint density at radius 1 is 1.17 bits per heavy atom. The van der Waals surface area contributed by atoms with Crippen LogP contribution in [0.2, 0.25) is 5.02 Å². The van der Waals surface area contributed by atoms with Gasteiger partial charge in [0.2, 0.25) is 0 Å². The van der Waals surface area contributed by atoms with Gasteiger partial charge in [-0.05, 0) is 40.2 Å². The summed E-state index contributed by atoms with van der Waals surface area (Å²) in [4.78, 5) is 12.2. The maximum atomic E-state index is 8.97. The number of ether oxygens (including phenoxy) is 1. The second-order valence-corrected chi connectivity index (χ2v) is 5.90. The van der Waals surface area contributed by atoms with Gasteiger partial charge in [0.25, 0.3) is 0 Å². The average Bonchev–Trinajstić information content (AvgIpc) is 2.59. The highest BCUT2D eigenvalue weighted by molar-refractivity contribution is 9.10. The predicted molar refractivity (Wildman–Crippen MR) is 93.5 cm³/mol. The Hall–Kier alpha value is -2.69. The van der Waals surface area contributed by atoms with Gasteiger partial charge < -0.3 is 10.1 Å². The van der Waals surface area contributed by atoms with Gasteiger partial charge in [-0.3, -0.25) is 0 Å². The minimum Gasteiger partial charge on any atom is -0.424 e. The summed E-state index contributed by atoms with van der Waals surface area (Å²) < 4.78 is 6.37. The SMILES string of the molecule is N#Cc1nc(Nc2cccc(Oc3ncc(Br)cn3)c2)ccc1Cl. The molecular weight excluding hydrogens is 394 g/mol. The molecule has 0 aliphatic heterocycles. The molecule has 0 atom stereocenters. The van der Waals surface area contributed by atoms with Crippen LogP contribution in [-0.4, -0.2) is 15.0 Å². The van der Waals surface area contributed by atoms with Crippen LogP contribution in [0.3, 0.4) is 0 Å². The lowest BCUT2D eigenvalue weighted by molar-refractivity contribution is 0.441. The van der Waals surface area contributed by atoms with Crippen molar-refractivity contribution in [3.63, 3.8) is 0 Å². The van der Waals surface area contributed by atoms with Crippen molar-refractivity contribution in [2.75, 3.05) is 5.32 Å². The molecule has 0 amide bonds. The molecule has 0 saturated heterocycles. The molecule has 0 aliphatic carbocycles. The van der Waals surface area contributed by atoms with Gasteiger partial charge >= 0.3 is 6.01 Å². The van der Waals surface area contributed by atoms with Crippen molar-refractivity contribution >= 4 is 39.0 Å². The summed E-state index contributed by atoms with van der Waals surface area (Å²) >= 11 is 9.14. The van der Waals surface area contributed by atoms with Crippen molar-refractivity contribution in [1.82, 2.24) is 15.0 Å². The number of nitriles is 1. The molecule has 3 rings (SSSR count). The van der Waals surface area contributed by atoms with E-state index in [0.717, 1.165) is 10.2 Å². The fraction of sp³-hybridized carbons (Fsp3) is 0. The maximum Gasteiger partial charge on any atom is 0.321 e. The number of halogens is 2. The fourth-order valence-electron chi connectivity index (χ4n) is 1.83. The molecular formula is C16H9BrClN5O. The highest BCUT2D eigenvalue weighted by Gasteiger charge is 2.05. The molecule has 2 aromatic heterocycles. The molecule has 3 aromatic rings. The average molecular weight is 403 g/mol. The largest absolute Gasteiger partial charge is 0.424 e. The van der Waals surface area contributed by atoms with Crippen molar-refractivity contribution in [3.05, 3.63) is 64.0 Å². The number of aromatic nitrogens is 3. The zero-order valence-electron chi connectivity index (χ0n) is 12.1. The molecule has 0 spiro atoms. The third-order valence-corrected chi connectivity index (χ3v) is 3.58.